The van der Waals surface area contributed by atoms with Gasteiger partial charge in [0.05, 0.1) is 32.1 Å². The van der Waals surface area contributed by atoms with Crippen molar-refractivity contribution in [1.82, 2.24) is 9.97 Å². The summed E-state index contributed by atoms with van der Waals surface area (Å²) in [5, 5.41) is 1.14. The Morgan fingerprint density at radius 2 is 1.25 bits per heavy atom. The van der Waals surface area contributed by atoms with Gasteiger partial charge in [-0.1, -0.05) is 0 Å². The Labute approximate surface area is 166 Å². The van der Waals surface area contributed by atoms with Gasteiger partial charge in [0.15, 0.2) is 5.65 Å². The zero-order chi connectivity index (χ0) is 18.8. The second-order valence-corrected chi connectivity index (χ2v) is 7.79. The van der Waals surface area contributed by atoms with Crippen molar-refractivity contribution in [3.8, 4) is 0 Å². The van der Waals surface area contributed by atoms with Crippen LogP contribution in [0.5, 0.6) is 0 Å². The lowest BCUT2D eigenvalue weighted by Gasteiger charge is -2.33. The summed E-state index contributed by atoms with van der Waals surface area (Å²) in [7, 11) is 0. The van der Waals surface area contributed by atoms with Crippen molar-refractivity contribution in [1.29, 1.82) is 0 Å². The van der Waals surface area contributed by atoms with Crippen molar-refractivity contribution in [2.24, 2.45) is 0 Å². The zero-order valence-electron chi connectivity index (χ0n) is 16.5. The van der Waals surface area contributed by atoms with E-state index >= 15 is 0 Å². The van der Waals surface area contributed by atoms with Crippen molar-refractivity contribution in [3.05, 3.63) is 18.2 Å². The van der Waals surface area contributed by atoms with Crippen LogP contribution in [0.2, 0.25) is 0 Å². The highest BCUT2D eigenvalue weighted by molar-refractivity contribution is 5.92. The highest BCUT2D eigenvalue weighted by atomic mass is 16.5. The predicted octanol–water partition coefficient (Wildman–Crippen LogP) is 2.29. The Bertz CT molecular complexity index is 807. The first kappa shape index (κ1) is 17.9. The van der Waals surface area contributed by atoms with Crippen molar-refractivity contribution in [2.45, 2.75) is 19.3 Å². The maximum Gasteiger partial charge on any atom is 0.165 e. The summed E-state index contributed by atoms with van der Waals surface area (Å²) in [6.07, 6.45) is 3.82. The fourth-order valence-corrected chi connectivity index (χ4v) is 4.38. The van der Waals surface area contributed by atoms with E-state index in [9.17, 15) is 0 Å². The van der Waals surface area contributed by atoms with Gasteiger partial charge in [0.25, 0.3) is 0 Å². The molecular formula is C21H29N5O2. The third-order valence-corrected chi connectivity index (χ3v) is 5.99. The maximum atomic E-state index is 5.57. The summed E-state index contributed by atoms with van der Waals surface area (Å²) in [6, 6.07) is 6.63. The SMILES string of the molecule is c1cc2c(N3CCOCC3)cc(N3CCOCC3)nc2nc1N1CCCCC1. The Kier molecular flexibility index (Phi) is 5.18. The predicted molar refractivity (Wildman–Crippen MR) is 112 cm³/mol. The lowest BCUT2D eigenvalue weighted by Crippen LogP contribution is -2.38. The standard InChI is InChI=1S/C21H29N5O2/c1-2-6-25(7-3-1)19-5-4-17-18(24-8-12-27-13-9-24)16-20(23-21(17)22-19)26-10-14-28-15-11-26/h4-5,16H,1-3,6-15H2. The van der Waals surface area contributed by atoms with Gasteiger partial charge in [-0.05, 0) is 31.4 Å². The first-order chi connectivity index (χ1) is 13.9. The number of piperidine rings is 1. The molecule has 2 aromatic heterocycles. The van der Waals surface area contributed by atoms with Gasteiger partial charge in [0, 0.05) is 50.7 Å². The third kappa shape index (κ3) is 3.61. The molecule has 0 unspecified atom stereocenters. The maximum absolute atomic E-state index is 5.57. The molecule has 0 bridgehead atoms. The van der Waals surface area contributed by atoms with Crippen LogP contribution in [0.1, 0.15) is 19.3 Å². The van der Waals surface area contributed by atoms with E-state index in [4.69, 9.17) is 19.4 Å². The van der Waals surface area contributed by atoms with Gasteiger partial charge in [-0.3, -0.25) is 0 Å². The summed E-state index contributed by atoms with van der Waals surface area (Å²) >= 11 is 0. The molecule has 0 atom stereocenters. The van der Waals surface area contributed by atoms with Crippen LogP contribution in [-0.2, 0) is 9.47 Å². The molecule has 7 nitrogen and oxygen atoms in total. The largest absolute Gasteiger partial charge is 0.378 e. The van der Waals surface area contributed by atoms with Crippen LogP contribution >= 0.6 is 0 Å². The monoisotopic (exact) mass is 383 g/mol. The lowest BCUT2D eigenvalue weighted by atomic mass is 10.1. The van der Waals surface area contributed by atoms with Crippen LogP contribution in [0.25, 0.3) is 11.0 Å². The van der Waals surface area contributed by atoms with Crippen LogP contribution < -0.4 is 14.7 Å². The fraction of sp³-hybridized carbons (Fsp3) is 0.619. The van der Waals surface area contributed by atoms with Crippen LogP contribution in [-0.4, -0.2) is 75.7 Å². The Morgan fingerprint density at radius 1 is 0.643 bits per heavy atom. The van der Waals surface area contributed by atoms with E-state index in [0.717, 1.165) is 88.4 Å². The van der Waals surface area contributed by atoms with Crippen molar-refractivity contribution >= 4 is 28.4 Å². The number of anilines is 3. The summed E-state index contributed by atoms with van der Waals surface area (Å²) in [5.74, 6) is 2.08. The molecule has 0 amide bonds. The first-order valence-electron chi connectivity index (χ1n) is 10.6. The van der Waals surface area contributed by atoms with Crippen LogP contribution in [0, 0.1) is 0 Å². The molecule has 0 spiro atoms. The van der Waals surface area contributed by atoms with Gasteiger partial charge in [-0.2, -0.15) is 0 Å². The van der Waals surface area contributed by atoms with Crippen LogP contribution in [0.15, 0.2) is 18.2 Å². The summed E-state index contributed by atoms with van der Waals surface area (Å²) in [4.78, 5) is 17.1. The van der Waals surface area contributed by atoms with Gasteiger partial charge in [-0.15, -0.1) is 0 Å². The topological polar surface area (TPSA) is 54.0 Å². The van der Waals surface area contributed by atoms with Crippen molar-refractivity contribution < 1.29 is 9.47 Å². The molecule has 3 fully saturated rings. The minimum absolute atomic E-state index is 0.758. The molecule has 3 saturated heterocycles. The molecule has 0 N–H and O–H groups in total. The van der Waals surface area contributed by atoms with Gasteiger partial charge in [-0.25, -0.2) is 9.97 Å². The quantitative estimate of drug-likeness (QED) is 0.806. The molecule has 2 aromatic rings. The molecule has 7 heteroatoms. The number of hydrogen-bond acceptors (Lipinski definition) is 7. The molecule has 0 saturated carbocycles. The Balaban J connectivity index is 1.56. The van der Waals surface area contributed by atoms with Gasteiger partial charge in [0.2, 0.25) is 0 Å². The number of rotatable bonds is 3. The molecular weight excluding hydrogens is 354 g/mol. The average molecular weight is 383 g/mol. The number of pyridine rings is 2. The number of ether oxygens (including phenoxy) is 2. The summed E-state index contributed by atoms with van der Waals surface area (Å²) < 4.78 is 11.1. The second-order valence-electron chi connectivity index (χ2n) is 7.79. The Hall–Kier alpha value is -2.12. The van der Waals surface area contributed by atoms with E-state index < -0.39 is 0 Å². The smallest absolute Gasteiger partial charge is 0.165 e. The number of aromatic nitrogens is 2. The third-order valence-electron chi connectivity index (χ3n) is 5.99. The molecule has 28 heavy (non-hydrogen) atoms. The summed E-state index contributed by atoms with van der Waals surface area (Å²) in [6.45, 7) is 8.84. The highest BCUT2D eigenvalue weighted by Crippen LogP contribution is 2.32. The van der Waals surface area contributed by atoms with Gasteiger partial charge in [0.1, 0.15) is 11.6 Å². The van der Waals surface area contributed by atoms with E-state index in [2.05, 4.69) is 32.9 Å². The molecule has 0 radical (unpaired) electrons. The average Bonchev–Trinajstić information content (AvgIpc) is 2.79. The fourth-order valence-electron chi connectivity index (χ4n) is 4.38. The minimum atomic E-state index is 0.758. The Morgan fingerprint density at radius 3 is 1.96 bits per heavy atom. The zero-order valence-corrected chi connectivity index (χ0v) is 16.5. The van der Waals surface area contributed by atoms with E-state index in [1.807, 2.05) is 0 Å². The minimum Gasteiger partial charge on any atom is -0.378 e. The second kappa shape index (κ2) is 8.09. The van der Waals surface area contributed by atoms with E-state index in [0.29, 0.717) is 0 Å². The molecule has 5 heterocycles. The molecule has 3 aliphatic rings. The van der Waals surface area contributed by atoms with Crippen LogP contribution in [0.3, 0.4) is 0 Å². The molecule has 0 aromatic carbocycles. The molecule has 0 aliphatic carbocycles. The van der Waals surface area contributed by atoms with Crippen molar-refractivity contribution in [2.75, 3.05) is 80.4 Å². The molecule has 5 rings (SSSR count). The normalized spacial score (nSPS) is 21.4. The lowest BCUT2D eigenvalue weighted by molar-refractivity contribution is 0.122. The van der Waals surface area contributed by atoms with E-state index in [-0.39, 0.29) is 0 Å². The highest BCUT2D eigenvalue weighted by Gasteiger charge is 2.21. The van der Waals surface area contributed by atoms with E-state index in [1.54, 1.807) is 0 Å². The molecule has 3 aliphatic heterocycles. The number of hydrogen-bond donors (Lipinski definition) is 0. The van der Waals surface area contributed by atoms with Gasteiger partial charge >= 0.3 is 0 Å². The van der Waals surface area contributed by atoms with Gasteiger partial charge < -0.3 is 24.2 Å². The first-order valence-corrected chi connectivity index (χ1v) is 10.6. The van der Waals surface area contributed by atoms with Crippen LogP contribution in [0.4, 0.5) is 17.3 Å². The number of nitrogens with zero attached hydrogens (tertiary/aromatic N) is 5. The molecule has 150 valence electrons. The van der Waals surface area contributed by atoms with Crippen molar-refractivity contribution in [3.63, 3.8) is 0 Å². The van der Waals surface area contributed by atoms with E-state index in [1.165, 1.54) is 24.9 Å². The summed E-state index contributed by atoms with van der Waals surface area (Å²) in [5.41, 5.74) is 2.08. The number of morpholine rings is 2. The number of fused-ring (bicyclic) bond motifs is 1.